The van der Waals surface area contributed by atoms with Crippen LogP contribution in [0.5, 0.6) is 11.5 Å². The Morgan fingerprint density at radius 1 is 1.10 bits per heavy atom. The van der Waals surface area contributed by atoms with Gasteiger partial charge in [0, 0.05) is 26.7 Å². The predicted molar refractivity (Wildman–Crippen MR) is 131 cm³/mol. The fraction of sp³-hybridized carbons (Fsp3) is 0.348. The minimum Gasteiger partial charge on any atom is -0.497 e. The van der Waals surface area contributed by atoms with Crippen LogP contribution < -0.4 is 14.8 Å². The maximum Gasteiger partial charge on any atom is 0.193 e. The summed E-state index contributed by atoms with van der Waals surface area (Å²) in [5, 5.41) is 3.48. The highest BCUT2D eigenvalue weighted by Gasteiger charge is 2.16. The molecule has 1 aliphatic heterocycles. The summed E-state index contributed by atoms with van der Waals surface area (Å²) in [7, 11) is 5.21. The largest absolute Gasteiger partial charge is 0.497 e. The van der Waals surface area contributed by atoms with Crippen LogP contribution in [0, 0.1) is 0 Å². The molecule has 0 radical (unpaired) electrons. The Balaban J connectivity index is 0.00000300. The number of halogens is 1. The van der Waals surface area contributed by atoms with Gasteiger partial charge in [-0.15, -0.1) is 24.0 Å². The number of rotatable bonds is 6. The molecule has 0 fully saturated rings. The van der Waals surface area contributed by atoms with Crippen molar-refractivity contribution in [3.05, 3.63) is 65.7 Å². The van der Waals surface area contributed by atoms with E-state index < -0.39 is 0 Å². The number of guanidine groups is 1. The van der Waals surface area contributed by atoms with Crippen LogP contribution in [0.1, 0.15) is 17.5 Å². The van der Waals surface area contributed by atoms with Gasteiger partial charge in [0.2, 0.25) is 0 Å². The molecule has 0 atom stereocenters. The topological polar surface area (TPSA) is 46.1 Å². The monoisotopic (exact) mass is 507 g/mol. The van der Waals surface area contributed by atoms with Gasteiger partial charge in [0.25, 0.3) is 0 Å². The average Bonchev–Trinajstić information content (AvgIpc) is 2.77. The van der Waals surface area contributed by atoms with Crippen molar-refractivity contribution in [3.8, 4) is 11.5 Å². The van der Waals surface area contributed by atoms with Gasteiger partial charge in [-0.25, -0.2) is 0 Å². The number of methoxy groups -OCH3 is 2. The van der Waals surface area contributed by atoms with E-state index in [1.165, 1.54) is 11.1 Å². The van der Waals surface area contributed by atoms with E-state index in [0.717, 1.165) is 55.5 Å². The molecule has 0 spiro atoms. The summed E-state index contributed by atoms with van der Waals surface area (Å²) in [6.07, 6.45) is 4.16. The van der Waals surface area contributed by atoms with Crippen LogP contribution in [0.25, 0.3) is 5.57 Å². The van der Waals surface area contributed by atoms with E-state index in [4.69, 9.17) is 9.47 Å². The Bertz CT molecular complexity index is 837. The molecule has 6 heteroatoms. The van der Waals surface area contributed by atoms with Gasteiger partial charge in [0.1, 0.15) is 11.5 Å². The fourth-order valence-corrected chi connectivity index (χ4v) is 3.49. The Hall–Kier alpha value is -2.22. The highest BCUT2D eigenvalue weighted by atomic mass is 127. The van der Waals surface area contributed by atoms with Crippen LogP contribution in [0.4, 0.5) is 0 Å². The van der Waals surface area contributed by atoms with Gasteiger partial charge in [-0.3, -0.25) is 4.99 Å². The second-order valence-electron chi connectivity index (χ2n) is 6.69. The minimum atomic E-state index is 0. The average molecular weight is 507 g/mol. The zero-order valence-corrected chi connectivity index (χ0v) is 19.7. The third kappa shape index (κ3) is 6.13. The standard InChI is InChI=1S/C23H29N3O2.HI/c1-24-23(25-14-11-20-17-21(27-2)9-10-22(20)28-3)26-15-12-19(13-16-26)18-7-5-4-6-8-18;/h4-10,12,17H,11,13-16H2,1-3H3,(H,24,25);1H. The summed E-state index contributed by atoms with van der Waals surface area (Å²) in [4.78, 5) is 6.75. The molecular formula is C23H30IN3O2. The van der Waals surface area contributed by atoms with Crippen molar-refractivity contribution in [2.24, 2.45) is 4.99 Å². The first-order valence-electron chi connectivity index (χ1n) is 9.66. The van der Waals surface area contributed by atoms with Crippen molar-refractivity contribution < 1.29 is 9.47 Å². The van der Waals surface area contributed by atoms with Gasteiger partial charge in [0.15, 0.2) is 5.96 Å². The summed E-state index contributed by atoms with van der Waals surface area (Å²) in [6.45, 7) is 2.61. The van der Waals surface area contributed by atoms with Crippen LogP contribution in [0.2, 0.25) is 0 Å². The molecule has 29 heavy (non-hydrogen) atoms. The molecule has 0 aliphatic carbocycles. The molecule has 0 bridgehead atoms. The van der Waals surface area contributed by atoms with E-state index in [2.05, 4.69) is 51.6 Å². The van der Waals surface area contributed by atoms with E-state index >= 15 is 0 Å². The van der Waals surface area contributed by atoms with Crippen molar-refractivity contribution in [2.45, 2.75) is 12.8 Å². The van der Waals surface area contributed by atoms with Gasteiger partial charge in [-0.05, 0) is 47.7 Å². The SMILES string of the molecule is CN=C(NCCc1cc(OC)ccc1OC)N1CC=C(c2ccccc2)CC1.I. The van der Waals surface area contributed by atoms with Crippen LogP contribution >= 0.6 is 24.0 Å². The van der Waals surface area contributed by atoms with E-state index in [9.17, 15) is 0 Å². The zero-order valence-electron chi connectivity index (χ0n) is 17.4. The maximum atomic E-state index is 5.47. The van der Waals surface area contributed by atoms with Crippen LogP contribution in [-0.4, -0.2) is 51.8 Å². The maximum absolute atomic E-state index is 5.47. The third-order valence-electron chi connectivity index (χ3n) is 5.03. The molecule has 0 amide bonds. The molecule has 1 aliphatic rings. The number of nitrogens with zero attached hydrogens (tertiary/aromatic N) is 2. The molecule has 0 unspecified atom stereocenters. The second-order valence-corrected chi connectivity index (χ2v) is 6.69. The summed E-state index contributed by atoms with van der Waals surface area (Å²) < 4.78 is 10.8. The van der Waals surface area contributed by atoms with E-state index in [0.29, 0.717) is 0 Å². The van der Waals surface area contributed by atoms with Crippen molar-refractivity contribution in [2.75, 3.05) is 40.9 Å². The molecule has 1 heterocycles. The Morgan fingerprint density at radius 3 is 2.52 bits per heavy atom. The molecule has 0 aromatic heterocycles. The normalized spacial score (nSPS) is 14.0. The van der Waals surface area contributed by atoms with Gasteiger partial charge in [0.05, 0.1) is 14.2 Å². The lowest BCUT2D eigenvalue weighted by atomic mass is 10.00. The molecular weight excluding hydrogens is 477 g/mol. The second kappa shape index (κ2) is 11.7. The summed E-state index contributed by atoms with van der Waals surface area (Å²) >= 11 is 0. The lowest BCUT2D eigenvalue weighted by Gasteiger charge is -2.30. The van der Waals surface area contributed by atoms with Gasteiger partial charge in [-0.1, -0.05) is 36.4 Å². The predicted octanol–water partition coefficient (Wildman–Crippen LogP) is 4.23. The number of hydrogen-bond acceptors (Lipinski definition) is 3. The molecule has 2 aromatic carbocycles. The minimum absolute atomic E-state index is 0. The molecule has 1 N–H and O–H groups in total. The zero-order chi connectivity index (χ0) is 19.8. The number of benzene rings is 2. The Labute approximate surface area is 190 Å². The van der Waals surface area contributed by atoms with Gasteiger partial charge >= 0.3 is 0 Å². The van der Waals surface area contributed by atoms with Crippen LogP contribution in [0.15, 0.2) is 59.6 Å². The number of hydrogen-bond donors (Lipinski definition) is 1. The van der Waals surface area contributed by atoms with E-state index in [1.807, 2.05) is 25.2 Å². The first-order chi connectivity index (χ1) is 13.7. The number of nitrogens with one attached hydrogen (secondary N) is 1. The Morgan fingerprint density at radius 2 is 1.90 bits per heavy atom. The Kier molecular flexibility index (Phi) is 9.31. The molecule has 3 rings (SSSR count). The highest BCUT2D eigenvalue weighted by Crippen LogP contribution is 2.24. The lowest BCUT2D eigenvalue weighted by Crippen LogP contribution is -2.44. The summed E-state index contributed by atoms with van der Waals surface area (Å²) in [5.74, 6) is 2.66. The quantitative estimate of drug-likeness (QED) is 0.361. The van der Waals surface area contributed by atoms with Crippen molar-refractivity contribution in [1.82, 2.24) is 10.2 Å². The fourth-order valence-electron chi connectivity index (χ4n) is 3.49. The number of ether oxygens (including phenoxy) is 2. The van der Waals surface area contributed by atoms with Gasteiger partial charge < -0.3 is 19.7 Å². The van der Waals surface area contributed by atoms with Crippen molar-refractivity contribution >= 4 is 35.5 Å². The molecule has 156 valence electrons. The summed E-state index contributed by atoms with van der Waals surface area (Å²) in [5.41, 5.74) is 3.85. The molecule has 0 saturated carbocycles. The molecule has 0 saturated heterocycles. The summed E-state index contributed by atoms with van der Waals surface area (Å²) in [6, 6.07) is 16.5. The third-order valence-corrected chi connectivity index (χ3v) is 5.03. The molecule has 5 nitrogen and oxygen atoms in total. The number of aliphatic imine (C=N–C) groups is 1. The lowest BCUT2D eigenvalue weighted by molar-refractivity contribution is 0.398. The smallest absolute Gasteiger partial charge is 0.193 e. The van der Waals surface area contributed by atoms with Crippen molar-refractivity contribution in [1.29, 1.82) is 0 Å². The van der Waals surface area contributed by atoms with Gasteiger partial charge in [-0.2, -0.15) is 0 Å². The first kappa shape index (κ1) is 23.1. The van der Waals surface area contributed by atoms with E-state index in [-0.39, 0.29) is 24.0 Å². The molecule has 2 aromatic rings. The van der Waals surface area contributed by atoms with E-state index in [1.54, 1.807) is 14.2 Å². The highest BCUT2D eigenvalue weighted by molar-refractivity contribution is 14.0. The van der Waals surface area contributed by atoms with Crippen molar-refractivity contribution in [3.63, 3.8) is 0 Å². The first-order valence-corrected chi connectivity index (χ1v) is 9.66. The van der Waals surface area contributed by atoms with Crippen LogP contribution in [0.3, 0.4) is 0 Å². The van der Waals surface area contributed by atoms with Crippen LogP contribution in [-0.2, 0) is 6.42 Å².